The van der Waals surface area contributed by atoms with E-state index in [1.54, 1.807) is 0 Å². The number of rotatable bonds is 1. The molecule has 0 aromatic rings. The zero-order valence-corrected chi connectivity index (χ0v) is 7.22. The van der Waals surface area contributed by atoms with Gasteiger partial charge in [0.05, 0.1) is 0 Å². The summed E-state index contributed by atoms with van der Waals surface area (Å²) in [4.78, 5) is 10.6. The molecule has 1 rings (SSSR count). The standard InChI is InChI=1S/C8H15NO2/c1-5-8(2,3)4-6(9-5)7(10)11/h5-6,9H,4H2,1-3H3,(H,10,11). The smallest absolute Gasteiger partial charge is 0.320 e. The van der Waals surface area contributed by atoms with Crippen molar-refractivity contribution < 1.29 is 9.90 Å². The van der Waals surface area contributed by atoms with E-state index in [9.17, 15) is 4.79 Å². The van der Waals surface area contributed by atoms with Crippen LogP contribution in [0.5, 0.6) is 0 Å². The van der Waals surface area contributed by atoms with Crippen LogP contribution in [0, 0.1) is 5.41 Å². The van der Waals surface area contributed by atoms with Crippen LogP contribution in [0.1, 0.15) is 27.2 Å². The number of carbonyl (C=O) groups is 1. The fourth-order valence-corrected chi connectivity index (χ4v) is 1.45. The lowest BCUT2D eigenvalue weighted by atomic mass is 9.85. The molecule has 0 spiro atoms. The Hall–Kier alpha value is -0.570. The lowest BCUT2D eigenvalue weighted by molar-refractivity contribution is -0.139. The van der Waals surface area contributed by atoms with Gasteiger partial charge in [0.2, 0.25) is 0 Å². The van der Waals surface area contributed by atoms with Crippen molar-refractivity contribution in [1.82, 2.24) is 5.32 Å². The molecule has 1 aliphatic heterocycles. The molecule has 2 unspecified atom stereocenters. The largest absolute Gasteiger partial charge is 0.480 e. The first-order valence-electron chi connectivity index (χ1n) is 3.92. The zero-order valence-electron chi connectivity index (χ0n) is 7.22. The maximum Gasteiger partial charge on any atom is 0.320 e. The number of carboxylic acids is 1. The quantitative estimate of drug-likeness (QED) is 0.593. The van der Waals surface area contributed by atoms with Crippen molar-refractivity contribution in [3.63, 3.8) is 0 Å². The summed E-state index contributed by atoms with van der Waals surface area (Å²) in [6.45, 7) is 6.21. The van der Waals surface area contributed by atoms with Crippen LogP contribution < -0.4 is 5.32 Å². The maximum atomic E-state index is 10.6. The van der Waals surface area contributed by atoms with Crippen molar-refractivity contribution in [2.75, 3.05) is 0 Å². The Morgan fingerprint density at radius 2 is 2.18 bits per heavy atom. The van der Waals surface area contributed by atoms with Gasteiger partial charge in [0, 0.05) is 6.04 Å². The van der Waals surface area contributed by atoms with E-state index >= 15 is 0 Å². The highest BCUT2D eigenvalue weighted by Crippen LogP contribution is 2.32. The maximum absolute atomic E-state index is 10.6. The number of hydrogen-bond donors (Lipinski definition) is 2. The number of hydrogen-bond acceptors (Lipinski definition) is 2. The molecule has 1 saturated heterocycles. The van der Waals surface area contributed by atoms with Gasteiger partial charge in [-0.25, -0.2) is 0 Å². The van der Waals surface area contributed by atoms with Gasteiger partial charge in [-0.3, -0.25) is 4.79 Å². The van der Waals surface area contributed by atoms with Crippen LogP contribution in [-0.4, -0.2) is 23.2 Å². The van der Waals surface area contributed by atoms with E-state index in [-0.39, 0.29) is 11.5 Å². The van der Waals surface area contributed by atoms with Crippen LogP contribution in [0.25, 0.3) is 0 Å². The molecule has 2 N–H and O–H groups in total. The lowest BCUT2D eigenvalue weighted by Gasteiger charge is -2.21. The van der Waals surface area contributed by atoms with Crippen molar-refractivity contribution >= 4 is 5.97 Å². The van der Waals surface area contributed by atoms with Gasteiger partial charge in [-0.2, -0.15) is 0 Å². The first kappa shape index (κ1) is 8.53. The summed E-state index contributed by atoms with van der Waals surface area (Å²) in [5.74, 6) is -0.734. The average Bonchev–Trinajstić information content (AvgIpc) is 2.08. The zero-order chi connectivity index (χ0) is 8.65. The minimum Gasteiger partial charge on any atom is -0.480 e. The fourth-order valence-electron chi connectivity index (χ4n) is 1.45. The van der Waals surface area contributed by atoms with Gasteiger partial charge >= 0.3 is 5.97 Å². The summed E-state index contributed by atoms with van der Waals surface area (Å²) in [6, 6.07) is -0.0522. The highest BCUT2D eigenvalue weighted by molar-refractivity contribution is 5.74. The van der Waals surface area contributed by atoms with Crippen LogP contribution in [0.15, 0.2) is 0 Å². The Morgan fingerprint density at radius 3 is 2.36 bits per heavy atom. The fraction of sp³-hybridized carbons (Fsp3) is 0.875. The summed E-state index contributed by atoms with van der Waals surface area (Å²) >= 11 is 0. The molecule has 1 fully saturated rings. The summed E-state index contributed by atoms with van der Waals surface area (Å²) in [5.41, 5.74) is 0.114. The summed E-state index contributed by atoms with van der Waals surface area (Å²) < 4.78 is 0. The molecule has 3 nitrogen and oxygen atoms in total. The molecule has 0 saturated carbocycles. The van der Waals surface area contributed by atoms with E-state index in [2.05, 4.69) is 19.2 Å². The van der Waals surface area contributed by atoms with Crippen LogP contribution in [0.4, 0.5) is 0 Å². The van der Waals surface area contributed by atoms with Crippen LogP contribution in [0.2, 0.25) is 0 Å². The molecule has 64 valence electrons. The first-order valence-corrected chi connectivity index (χ1v) is 3.92. The van der Waals surface area contributed by atoms with E-state index in [1.807, 2.05) is 6.92 Å². The van der Waals surface area contributed by atoms with Crippen LogP contribution in [-0.2, 0) is 4.79 Å². The van der Waals surface area contributed by atoms with Crippen LogP contribution in [0.3, 0.4) is 0 Å². The lowest BCUT2D eigenvalue weighted by Crippen LogP contribution is -2.35. The van der Waals surface area contributed by atoms with Crippen LogP contribution >= 0.6 is 0 Å². The third-order valence-corrected chi connectivity index (χ3v) is 2.65. The summed E-state index contributed by atoms with van der Waals surface area (Å²) in [5, 5.41) is 11.7. The molecule has 0 aliphatic carbocycles. The molecule has 3 heteroatoms. The van der Waals surface area contributed by atoms with Crippen molar-refractivity contribution in [2.45, 2.75) is 39.3 Å². The van der Waals surface area contributed by atoms with Gasteiger partial charge in [0.25, 0.3) is 0 Å². The topological polar surface area (TPSA) is 49.3 Å². The summed E-state index contributed by atoms with van der Waals surface area (Å²) in [6.07, 6.45) is 0.726. The predicted molar refractivity (Wildman–Crippen MR) is 42.4 cm³/mol. The Labute approximate surface area is 66.8 Å². The molecule has 11 heavy (non-hydrogen) atoms. The van der Waals surface area contributed by atoms with Gasteiger partial charge in [0.15, 0.2) is 0 Å². The molecular formula is C8H15NO2. The van der Waals surface area contributed by atoms with Gasteiger partial charge in [0.1, 0.15) is 6.04 Å². The van der Waals surface area contributed by atoms with Gasteiger partial charge in [-0.1, -0.05) is 13.8 Å². The minimum absolute atomic E-state index is 0.114. The Balaban J connectivity index is 2.64. The van der Waals surface area contributed by atoms with Crippen molar-refractivity contribution in [3.05, 3.63) is 0 Å². The molecule has 0 bridgehead atoms. The molecule has 0 aromatic carbocycles. The van der Waals surface area contributed by atoms with Gasteiger partial charge in [-0.15, -0.1) is 0 Å². The summed E-state index contributed by atoms with van der Waals surface area (Å²) in [7, 11) is 0. The van der Waals surface area contributed by atoms with Crippen molar-refractivity contribution in [2.24, 2.45) is 5.41 Å². The second-order valence-corrected chi connectivity index (χ2v) is 3.97. The van der Waals surface area contributed by atoms with E-state index in [1.165, 1.54) is 0 Å². The predicted octanol–water partition coefficient (Wildman–Crippen LogP) is 0.848. The Morgan fingerprint density at radius 1 is 1.64 bits per heavy atom. The highest BCUT2D eigenvalue weighted by atomic mass is 16.4. The minimum atomic E-state index is -0.734. The van der Waals surface area contributed by atoms with Gasteiger partial charge < -0.3 is 10.4 Å². The normalized spacial score (nSPS) is 35.5. The monoisotopic (exact) mass is 157 g/mol. The van der Waals surface area contributed by atoms with E-state index in [4.69, 9.17) is 5.11 Å². The molecule has 1 heterocycles. The Bertz CT molecular complexity index is 177. The molecule has 0 aromatic heterocycles. The number of nitrogens with one attached hydrogen (secondary N) is 1. The first-order chi connectivity index (χ1) is 4.93. The number of carboxylic acid groups (broad SMARTS) is 1. The second kappa shape index (κ2) is 2.48. The Kier molecular flexibility index (Phi) is 1.92. The molecule has 0 amide bonds. The third kappa shape index (κ3) is 1.53. The molecular weight excluding hydrogens is 142 g/mol. The SMILES string of the molecule is CC1NC(C(=O)O)CC1(C)C. The van der Waals surface area contributed by atoms with E-state index < -0.39 is 5.97 Å². The van der Waals surface area contributed by atoms with E-state index in [0.717, 1.165) is 6.42 Å². The highest BCUT2D eigenvalue weighted by Gasteiger charge is 2.40. The van der Waals surface area contributed by atoms with Crippen molar-refractivity contribution in [3.8, 4) is 0 Å². The second-order valence-electron chi connectivity index (χ2n) is 3.97. The average molecular weight is 157 g/mol. The molecule has 2 atom stereocenters. The number of aliphatic carboxylic acids is 1. The molecule has 1 aliphatic rings. The third-order valence-electron chi connectivity index (χ3n) is 2.65. The van der Waals surface area contributed by atoms with Gasteiger partial charge in [-0.05, 0) is 18.8 Å². The van der Waals surface area contributed by atoms with Crippen molar-refractivity contribution in [1.29, 1.82) is 0 Å². The van der Waals surface area contributed by atoms with E-state index in [0.29, 0.717) is 6.04 Å². The molecule has 0 radical (unpaired) electrons.